The fourth-order valence-electron chi connectivity index (χ4n) is 2.41. The Hall–Kier alpha value is -2.00. The first-order valence-corrected chi connectivity index (χ1v) is 8.80. The summed E-state index contributed by atoms with van der Waals surface area (Å²) in [6, 6.07) is 15.0. The highest BCUT2D eigenvalue weighted by atomic mass is 16.5. The van der Waals surface area contributed by atoms with Crippen LogP contribution < -0.4 is 14.8 Å². The summed E-state index contributed by atoms with van der Waals surface area (Å²) in [6.45, 7) is 10.5. The molecule has 0 saturated heterocycles. The topological polar surface area (TPSA) is 30.5 Å². The number of ether oxygens (including phenoxy) is 2. The first-order valence-electron chi connectivity index (χ1n) is 8.80. The van der Waals surface area contributed by atoms with E-state index in [2.05, 4.69) is 50.4 Å². The number of aryl methyl sites for hydroxylation is 1. The quantitative estimate of drug-likeness (QED) is 0.713. The van der Waals surface area contributed by atoms with Crippen LogP contribution in [0.4, 0.5) is 0 Å². The first kappa shape index (κ1) is 18.3. The molecule has 2 aromatic rings. The average molecular weight is 327 g/mol. The lowest BCUT2D eigenvalue weighted by molar-refractivity contribution is 0.268. The van der Waals surface area contributed by atoms with Gasteiger partial charge in [-0.15, -0.1) is 0 Å². The monoisotopic (exact) mass is 327 g/mol. The maximum absolute atomic E-state index is 6.01. The summed E-state index contributed by atoms with van der Waals surface area (Å²) < 4.78 is 11.8. The summed E-state index contributed by atoms with van der Waals surface area (Å²) in [7, 11) is 0. The second-order valence-corrected chi connectivity index (χ2v) is 6.12. The smallest absolute Gasteiger partial charge is 0.161 e. The summed E-state index contributed by atoms with van der Waals surface area (Å²) >= 11 is 0. The fourth-order valence-corrected chi connectivity index (χ4v) is 2.41. The third kappa shape index (κ3) is 5.27. The molecule has 0 aromatic heterocycles. The van der Waals surface area contributed by atoms with Crippen molar-refractivity contribution in [2.75, 3.05) is 6.61 Å². The minimum absolute atomic E-state index is 0.512. The number of hydrogen-bond acceptors (Lipinski definition) is 3. The van der Waals surface area contributed by atoms with Gasteiger partial charge in [0, 0.05) is 12.6 Å². The highest BCUT2D eigenvalue weighted by Crippen LogP contribution is 2.29. The van der Waals surface area contributed by atoms with E-state index in [-0.39, 0.29) is 0 Å². The second kappa shape index (κ2) is 9.33. The third-order valence-corrected chi connectivity index (χ3v) is 4.22. The van der Waals surface area contributed by atoms with Gasteiger partial charge in [0.1, 0.15) is 6.61 Å². The van der Waals surface area contributed by atoms with Crippen LogP contribution in [0.15, 0.2) is 42.5 Å². The molecule has 3 nitrogen and oxygen atoms in total. The van der Waals surface area contributed by atoms with Crippen molar-refractivity contribution in [3.8, 4) is 11.5 Å². The predicted octanol–water partition coefficient (Wildman–Crippen LogP) is 4.86. The highest BCUT2D eigenvalue weighted by molar-refractivity contribution is 5.43. The summed E-state index contributed by atoms with van der Waals surface area (Å²) in [6.07, 6.45) is 1.12. The van der Waals surface area contributed by atoms with Gasteiger partial charge in [0.05, 0.1) is 6.61 Å². The standard InChI is InChI=1S/C21H29NO2/c1-5-17(4)22-14-18-11-12-20(21(13-18)23-6-2)24-15-19-10-8-7-9-16(19)3/h7-13,17,22H,5-6,14-15H2,1-4H3/t17-/m0/s1. The van der Waals surface area contributed by atoms with Gasteiger partial charge in [0.25, 0.3) is 0 Å². The molecule has 3 heteroatoms. The average Bonchev–Trinajstić information content (AvgIpc) is 2.60. The molecule has 0 heterocycles. The predicted molar refractivity (Wildman–Crippen MR) is 99.7 cm³/mol. The van der Waals surface area contributed by atoms with Crippen molar-refractivity contribution in [3.63, 3.8) is 0 Å². The molecule has 0 aliphatic carbocycles. The maximum Gasteiger partial charge on any atom is 0.161 e. The van der Waals surface area contributed by atoms with Gasteiger partial charge in [-0.25, -0.2) is 0 Å². The molecule has 0 unspecified atom stereocenters. The lowest BCUT2D eigenvalue weighted by Gasteiger charge is -2.16. The van der Waals surface area contributed by atoms with Crippen molar-refractivity contribution in [1.29, 1.82) is 0 Å². The minimum Gasteiger partial charge on any atom is -0.490 e. The Kier molecular flexibility index (Phi) is 7.13. The highest BCUT2D eigenvalue weighted by Gasteiger charge is 2.08. The van der Waals surface area contributed by atoms with Crippen LogP contribution in [-0.4, -0.2) is 12.6 Å². The normalized spacial score (nSPS) is 12.0. The van der Waals surface area contributed by atoms with Crippen LogP contribution in [0.2, 0.25) is 0 Å². The van der Waals surface area contributed by atoms with Crippen molar-refractivity contribution < 1.29 is 9.47 Å². The molecule has 0 amide bonds. The molecule has 0 aliphatic rings. The van der Waals surface area contributed by atoms with E-state index in [1.165, 1.54) is 16.7 Å². The Labute approximate surface area is 146 Å². The number of hydrogen-bond donors (Lipinski definition) is 1. The number of nitrogens with one attached hydrogen (secondary N) is 1. The Bertz CT molecular complexity index is 639. The van der Waals surface area contributed by atoms with E-state index in [4.69, 9.17) is 9.47 Å². The van der Waals surface area contributed by atoms with E-state index in [0.29, 0.717) is 19.3 Å². The van der Waals surface area contributed by atoms with Gasteiger partial charge in [0.15, 0.2) is 11.5 Å². The second-order valence-electron chi connectivity index (χ2n) is 6.12. The van der Waals surface area contributed by atoms with E-state index in [1.54, 1.807) is 0 Å². The molecule has 2 rings (SSSR count). The van der Waals surface area contributed by atoms with Crippen LogP contribution in [-0.2, 0) is 13.2 Å². The van der Waals surface area contributed by atoms with Gasteiger partial charge in [-0.3, -0.25) is 0 Å². The third-order valence-electron chi connectivity index (χ3n) is 4.22. The van der Waals surface area contributed by atoms with E-state index in [0.717, 1.165) is 24.5 Å². The molecular formula is C21H29NO2. The zero-order valence-corrected chi connectivity index (χ0v) is 15.3. The molecule has 0 aliphatic heterocycles. The van der Waals surface area contributed by atoms with Crippen LogP contribution in [0.3, 0.4) is 0 Å². The zero-order chi connectivity index (χ0) is 17.4. The fraction of sp³-hybridized carbons (Fsp3) is 0.429. The Morgan fingerprint density at radius 2 is 1.79 bits per heavy atom. The SMILES string of the molecule is CCOc1cc(CN[C@@H](C)CC)ccc1OCc1ccccc1C. The van der Waals surface area contributed by atoms with Crippen LogP contribution in [0.5, 0.6) is 11.5 Å². The Morgan fingerprint density at radius 1 is 1.00 bits per heavy atom. The zero-order valence-electron chi connectivity index (χ0n) is 15.3. The molecule has 0 saturated carbocycles. The van der Waals surface area contributed by atoms with Crippen LogP contribution in [0.25, 0.3) is 0 Å². The number of rotatable bonds is 9. The minimum atomic E-state index is 0.512. The van der Waals surface area contributed by atoms with Crippen molar-refractivity contribution in [3.05, 3.63) is 59.2 Å². The van der Waals surface area contributed by atoms with E-state index in [9.17, 15) is 0 Å². The molecule has 24 heavy (non-hydrogen) atoms. The van der Waals surface area contributed by atoms with Gasteiger partial charge in [0.2, 0.25) is 0 Å². The van der Waals surface area contributed by atoms with Gasteiger partial charge in [-0.1, -0.05) is 37.3 Å². The molecular weight excluding hydrogens is 298 g/mol. The Morgan fingerprint density at radius 3 is 2.50 bits per heavy atom. The van der Waals surface area contributed by atoms with Crippen molar-refractivity contribution in [2.45, 2.75) is 53.3 Å². The summed E-state index contributed by atoms with van der Waals surface area (Å²) in [5, 5.41) is 3.51. The van der Waals surface area contributed by atoms with Crippen molar-refractivity contribution in [2.24, 2.45) is 0 Å². The molecule has 0 fully saturated rings. The lowest BCUT2D eigenvalue weighted by atomic mass is 10.1. The molecule has 2 aromatic carbocycles. The van der Waals surface area contributed by atoms with E-state index >= 15 is 0 Å². The molecule has 0 radical (unpaired) electrons. The summed E-state index contributed by atoms with van der Waals surface area (Å²) in [5.41, 5.74) is 3.65. The summed E-state index contributed by atoms with van der Waals surface area (Å²) in [4.78, 5) is 0. The number of benzene rings is 2. The largest absolute Gasteiger partial charge is 0.490 e. The lowest BCUT2D eigenvalue weighted by Crippen LogP contribution is -2.24. The van der Waals surface area contributed by atoms with Gasteiger partial charge >= 0.3 is 0 Å². The van der Waals surface area contributed by atoms with Crippen LogP contribution in [0.1, 0.15) is 43.9 Å². The summed E-state index contributed by atoms with van der Waals surface area (Å²) in [5.74, 6) is 1.61. The van der Waals surface area contributed by atoms with E-state index in [1.807, 2.05) is 25.1 Å². The van der Waals surface area contributed by atoms with E-state index < -0.39 is 0 Å². The molecule has 130 valence electrons. The molecule has 1 atom stereocenters. The van der Waals surface area contributed by atoms with Crippen molar-refractivity contribution in [1.82, 2.24) is 5.32 Å². The van der Waals surface area contributed by atoms with Crippen LogP contribution >= 0.6 is 0 Å². The first-order chi connectivity index (χ1) is 11.6. The molecule has 0 spiro atoms. The van der Waals surface area contributed by atoms with Gasteiger partial charge in [-0.05, 0) is 56.0 Å². The van der Waals surface area contributed by atoms with Crippen molar-refractivity contribution >= 4 is 0 Å². The van der Waals surface area contributed by atoms with Gasteiger partial charge in [-0.2, -0.15) is 0 Å². The molecule has 1 N–H and O–H groups in total. The Balaban J connectivity index is 2.07. The van der Waals surface area contributed by atoms with Gasteiger partial charge < -0.3 is 14.8 Å². The maximum atomic E-state index is 6.01. The molecule has 0 bridgehead atoms. The van der Waals surface area contributed by atoms with Crippen LogP contribution in [0, 0.1) is 6.92 Å².